The van der Waals surface area contributed by atoms with E-state index < -0.39 is 0 Å². The van der Waals surface area contributed by atoms with E-state index in [0.29, 0.717) is 0 Å². The van der Waals surface area contributed by atoms with Gasteiger partial charge in [0.05, 0.1) is 6.10 Å². The fourth-order valence-electron chi connectivity index (χ4n) is 3.00. The second kappa shape index (κ2) is 6.15. The highest BCUT2D eigenvalue weighted by molar-refractivity contribution is 7.99. The summed E-state index contributed by atoms with van der Waals surface area (Å²) in [7, 11) is 0. The van der Waals surface area contributed by atoms with Crippen molar-refractivity contribution in [3.05, 3.63) is 0 Å². The molecule has 0 saturated heterocycles. The first-order valence-corrected chi connectivity index (χ1v) is 7.69. The Morgan fingerprint density at radius 1 is 1.00 bits per heavy atom. The lowest BCUT2D eigenvalue weighted by molar-refractivity contribution is 0.165. The maximum Gasteiger partial charge on any atom is 0.0633 e. The van der Waals surface area contributed by atoms with Gasteiger partial charge in [-0.3, -0.25) is 0 Å². The minimum Gasteiger partial charge on any atom is -0.392 e. The normalized spacial score (nSPS) is 26.2. The van der Waals surface area contributed by atoms with Gasteiger partial charge in [-0.25, -0.2) is 0 Å². The molecule has 0 heterocycles. The molecule has 0 aromatic rings. The summed E-state index contributed by atoms with van der Waals surface area (Å²) in [5.41, 5.74) is 0. The molecule has 1 nitrogen and oxygen atoms in total. The third kappa shape index (κ3) is 3.99. The van der Waals surface area contributed by atoms with E-state index in [-0.39, 0.29) is 6.10 Å². The molecule has 2 rings (SSSR count). The molecular formula is C13H24OS. The average Bonchev–Trinajstić information content (AvgIpc) is 2.86. The molecule has 2 fully saturated rings. The smallest absolute Gasteiger partial charge is 0.0633 e. The number of hydrogen-bond acceptors (Lipinski definition) is 2. The number of aliphatic hydroxyl groups excluding tert-OH is 1. The van der Waals surface area contributed by atoms with Gasteiger partial charge in [-0.15, -0.1) is 0 Å². The van der Waals surface area contributed by atoms with Gasteiger partial charge in [0.25, 0.3) is 0 Å². The first kappa shape index (κ1) is 11.8. The maximum absolute atomic E-state index is 9.95. The highest BCUT2D eigenvalue weighted by Gasteiger charge is 2.21. The molecule has 2 aliphatic carbocycles. The van der Waals surface area contributed by atoms with Crippen molar-refractivity contribution in [1.82, 2.24) is 0 Å². The molecule has 15 heavy (non-hydrogen) atoms. The lowest BCUT2D eigenvalue weighted by atomic mass is 10.0. The van der Waals surface area contributed by atoms with Crippen LogP contribution in [0, 0.1) is 5.92 Å². The van der Waals surface area contributed by atoms with Gasteiger partial charge >= 0.3 is 0 Å². The van der Waals surface area contributed by atoms with E-state index in [2.05, 4.69) is 0 Å². The Balaban J connectivity index is 1.57. The van der Waals surface area contributed by atoms with Gasteiger partial charge in [0, 0.05) is 11.0 Å². The average molecular weight is 228 g/mol. The SMILES string of the molecule is OC(CSC1CCCC1)CC1CCCC1. The van der Waals surface area contributed by atoms with Crippen molar-refractivity contribution in [2.24, 2.45) is 5.92 Å². The number of aliphatic hydroxyl groups is 1. The minimum absolute atomic E-state index is 0.0290. The summed E-state index contributed by atoms with van der Waals surface area (Å²) in [5.74, 6) is 1.82. The molecule has 0 amide bonds. The largest absolute Gasteiger partial charge is 0.392 e. The second-order valence-corrected chi connectivity index (χ2v) is 6.61. The molecule has 2 heteroatoms. The van der Waals surface area contributed by atoms with Crippen LogP contribution in [0.1, 0.15) is 57.8 Å². The van der Waals surface area contributed by atoms with Gasteiger partial charge in [0.2, 0.25) is 0 Å². The van der Waals surface area contributed by atoms with E-state index in [4.69, 9.17) is 0 Å². The van der Waals surface area contributed by atoms with Crippen LogP contribution < -0.4 is 0 Å². The summed E-state index contributed by atoms with van der Waals surface area (Å²) < 4.78 is 0. The van der Waals surface area contributed by atoms with Gasteiger partial charge < -0.3 is 5.11 Å². The van der Waals surface area contributed by atoms with Crippen LogP contribution in [0.3, 0.4) is 0 Å². The second-order valence-electron chi connectivity index (χ2n) is 5.28. The molecule has 2 saturated carbocycles. The standard InChI is InChI=1S/C13H24OS/c14-12(9-11-5-1-2-6-11)10-15-13-7-3-4-8-13/h11-14H,1-10H2. The molecular weight excluding hydrogens is 204 g/mol. The Labute approximate surface area is 98.0 Å². The summed E-state index contributed by atoms with van der Waals surface area (Å²) in [4.78, 5) is 0. The van der Waals surface area contributed by atoms with Crippen LogP contribution in [0.25, 0.3) is 0 Å². The third-order valence-electron chi connectivity index (χ3n) is 3.91. The van der Waals surface area contributed by atoms with Crippen LogP contribution in [0.4, 0.5) is 0 Å². The van der Waals surface area contributed by atoms with Gasteiger partial charge in [-0.05, 0) is 25.2 Å². The highest BCUT2D eigenvalue weighted by atomic mass is 32.2. The van der Waals surface area contributed by atoms with Crippen LogP contribution in [0.2, 0.25) is 0 Å². The molecule has 0 aromatic heterocycles. The summed E-state index contributed by atoms with van der Waals surface area (Å²) >= 11 is 2.03. The lowest BCUT2D eigenvalue weighted by Crippen LogP contribution is -2.16. The Bertz CT molecular complexity index is 171. The fourth-order valence-corrected chi connectivity index (χ4v) is 4.30. The van der Waals surface area contributed by atoms with Crippen LogP contribution in [0.5, 0.6) is 0 Å². The topological polar surface area (TPSA) is 20.2 Å². The molecule has 1 unspecified atom stereocenters. The van der Waals surface area contributed by atoms with Crippen molar-refractivity contribution < 1.29 is 5.11 Å². The molecule has 88 valence electrons. The summed E-state index contributed by atoms with van der Waals surface area (Å²) in [6.45, 7) is 0. The zero-order valence-electron chi connectivity index (χ0n) is 9.66. The minimum atomic E-state index is -0.0290. The van der Waals surface area contributed by atoms with Crippen LogP contribution >= 0.6 is 11.8 Å². The van der Waals surface area contributed by atoms with Gasteiger partial charge in [-0.2, -0.15) is 11.8 Å². The van der Waals surface area contributed by atoms with Crippen LogP contribution in [0.15, 0.2) is 0 Å². The highest BCUT2D eigenvalue weighted by Crippen LogP contribution is 2.32. The van der Waals surface area contributed by atoms with Crippen LogP contribution in [-0.2, 0) is 0 Å². The van der Waals surface area contributed by atoms with E-state index in [9.17, 15) is 5.11 Å². The fraction of sp³-hybridized carbons (Fsp3) is 1.00. The molecule has 2 aliphatic rings. The summed E-state index contributed by atoms with van der Waals surface area (Å²) in [6, 6.07) is 0. The van der Waals surface area contributed by atoms with E-state index in [1.807, 2.05) is 11.8 Å². The Kier molecular flexibility index (Phi) is 4.83. The zero-order valence-corrected chi connectivity index (χ0v) is 10.5. The number of hydrogen-bond donors (Lipinski definition) is 1. The number of rotatable bonds is 5. The van der Waals surface area contributed by atoms with Crippen molar-refractivity contribution in [3.63, 3.8) is 0 Å². The molecule has 0 radical (unpaired) electrons. The first-order chi connectivity index (χ1) is 7.34. The predicted octanol–water partition coefficient (Wildman–Crippen LogP) is 3.60. The van der Waals surface area contributed by atoms with E-state index in [1.165, 1.54) is 51.4 Å². The molecule has 0 aliphatic heterocycles. The number of thioether (sulfide) groups is 1. The molecule has 0 spiro atoms. The van der Waals surface area contributed by atoms with E-state index in [1.54, 1.807) is 0 Å². The predicted molar refractivity (Wildman–Crippen MR) is 67.3 cm³/mol. The van der Waals surface area contributed by atoms with Gasteiger partial charge in [0.1, 0.15) is 0 Å². The first-order valence-electron chi connectivity index (χ1n) is 6.64. The lowest BCUT2D eigenvalue weighted by Gasteiger charge is -2.16. The Morgan fingerprint density at radius 2 is 1.60 bits per heavy atom. The monoisotopic (exact) mass is 228 g/mol. The van der Waals surface area contributed by atoms with Crippen molar-refractivity contribution in [1.29, 1.82) is 0 Å². The quantitative estimate of drug-likeness (QED) is 0.776. The van der Waals surface area contributed by atoms with Gasteiger partial charge in [0.15, 0.2) is 0 Å². The van der Waals surface area contributed by atoms with Gasteiger partial charge in [-0.1, -0.05) is 38.5 Å². The van der Waals surface area contributed by atoms with E-state index in [0.717, 1.165) is 23.3 Å². The Morgan fingerprint density at radius 3 is 2.27 bits per heavy atom. The van der Waals surface area contributed by atoms with Crippen LogP contribution in [-0.4, -0.2) is 22.2 Å². The van der Waals surface area contributed by atoms with E-state index >= 15 is 0 Å². The zero-order chi connectivity index (χ0) is 10.5. The summed E-state index contributed by atoms with van der Waals surface area (Å²) in [5, 5.41) is 10.8. The summed E-state index contributed by atoms with van der Waals surface area (Å²) in [6.07, 6.45) is 12.2. The third-order valence-corrected chi connectivity index (χ3v) is 5.43. The van der Waals surface area contributed by atoms with Crippen molar-refractivity contribution in [3.8, 4) is 0 Å². The van der Waals surface area contributed by atoms with Crippen molar-refractivity contribution >= 4 is 11.8 Å². The van der Waals surface area contributed by atoms with Crippen molar-refractivity contribution in [2.45, 2.75) is 69.1 Å². The maximum atomic E-state index is 9.95. The molecule has 0 aromatic carbocycles. The van der Waals surface area contributed by atoms with Crippen molar-refractivity contribution in [2.75, 3.05) is 5.75 Å². The molecule has 1 N–H and O–H groups in total. The molecule has 1 atom stereocenters. The molecule has 0 bridgehead atoms. The Hall–Kier alpha value is 0.310.